The molecule has 2 aliphatic rings. The zero-order valence-corrected chi connectivity index (χ0v) is 21.3. The van der Waals surface area contributed by atoms with Gasteiger partial charge >= 0.3 is 12.1 Å². The van der Waals surface area contributed by atoms with Crippen molar-refractivity contribution in [2.75, 3.05) is 13.2 Å². The van der Waals surface area contributed by atoms with Crippen LogP contribution in [0.3, 0.4) is 0 Å². The lowest BCUT2D eigenvalue weighted by Gasteiger charge is -2.36. The van der Waals surface area contributed by atoms with Gasteiger partial charge in [0.25, 0.3) is 0 Å². The molecule has 0 aromatic carbocycles. The Bertz CT molecular complexity index is 829. The molecule has 34 heavy (non-hydrogen) atoms. The molecular formula is C24H39N3O7. The zero-order chi connectivity index (χ0) is 26.1. The number of aliphatic hydroxyl groups excluding tert-OH is 1. The van der Waals surface area contributed by atoms with Crippen LogP contribution >= 0.6 is 0 Å². The van der Waals surface area contributed by atoms with Crippen LogP contribution < -0.4 is 10.6 Å². The summed E-state index contributed by atoms with van der Waals surface area (Å²) in [5.41, 5.74) is -2.68. The van der Waals surface area contributed by atoms with Gasteiger partial charge in [0.2, 0.25) is 11.8 Å². The van der Waals surface area contributed by atoms with Crippen LogP contribution in [0.5, 0.6) is 0 Å². The molecule has 0 bridgehead atoms. The minimum absolute atomic E-state index is 0.0124. The highest BCUT2D eigenvalue weighted by molar-refractivity contribution is 5.96. The number of rotatable bonds is 7. The number of nitrogens with zero attached hydrogens (tertiary/aromatic N) is 1. The van der Waals surface area contributed by atoms with E-state index < -0.39 is 58.6 Å². The quantitative estimate of drug-likeness (QED) is 0.371. The van der Waals surface area contributed by atoms with E-state index in [0.717, 1.165) is 0 Å². The standard InChI is InChI=1S/C24H39N3O7/c1-9-14-12-24(14,20(31)33-10-2)26-18(29)16-11-15(28)13-27(16)19(30)17(22(3,4)5)25-21(32)34-23(6,7)8/h9,14-17,28H,1,10-13H2,2-8H3,(H,25,32)(H,26,29)/t14-,15+,16+,17+,24+/m1/s1. The third kappa shape index (κ3) is 6.28. The molecule has 2 rings (SSSR count). The highest BCUT2D eigenvalue weighted by atomic mass is 16.6. The second-order valence-corrected chi connectivity index (χ2v) is 11.1. The number of nitrogens with one attached hydrogen (secondary N) is 2. The average molecular weight is 482 g/mol. The molecule has 3 amide bonds. The lowest BCUT2D eigenvalue weighted by atomic mass is 9.85. The summed E-state index contributed by atoms with van der Waals surface area (Å²) in [7, 11) is 0. The van der Waals surface area contributed by atoms with Crippen LogP contribution in [0.15, 0.2) is 12.7 Å². The molecule has 10 nitrogen and oxygen atoms in total. The number of esters is 1. The molecule has 2 fully saturated rings. The van der Waals surface area contributed by atoms with Crippen LogP contribution in [-0.2, 0) is 23.9 Å². The van der Waals surface area contributed by atoms with Gasteiger partial charge in [0.15, 0.2) is 0 Å². The maximum absolute atomic E-state index is 13.5. The van der Waals surface area contributed by atoms with Crippen LogP contribution in [0, 0.1) is 11.3 Å². The first-order chi connectivity index (χ1) is 15.6. The molecular weight excluding hydrogens is 442 g/mol. The average Bonchev–Trinajstić information content (AvgIpc) is 3.26. The molecule has 0 radical (unpaired) electrons. The van der Waals surface area contributed by atoms with Crippen molar-refractivity contribution >= 4 is 23.9 Å². The summed E-state index contributed by atoms with van der Waals surface area (Å²) in [5, 5.41) is 15.7. The maximum Gasteiger partial charge on any atom is 0.408 e. The van der Waals surface area contributed by atoms with Gasteiger partial charge in [0.1, 0.15) is 23.2 Å². The van der Waals surface area contributed by atoms with Crippen LogP contribution in [0.2, 0.25) is 0 Å². The molecule has 1 saturated carbocycles. The van der Waals surface area contributed by atoms with E-state index in [4.69, 9.17) is 9.47 Å². The van der Waals surface area contributed by atoms with Gasteiger partial charge < -0.3 is 30.1 Å². The highest BCUT2D eigenvalue weighted by Gasteiger charge is 2.62. The van der Waals surface area contributed by atoms with Crippen molar-refractivity contribution in [1.29, 1.82) is 0 Å². The van der Waals surface area contributed by atoms with Crippen molar-refractivity contribution in [3.05, 3.63) is 12.7 Å². The number of alkyl carbamates (subject to hydrolysis) is 1. The van der Waals surface area contributed by atoms with Gasteiger partial charge in [-0.1, -0.05) is 26.8 Å². The molecule has 5 atom stereocenters. The van der Waals surface area contributed by atoms with Gasteiger partial charge in [0, 0.05) is 18.9 Å². The number of ether oxygens (including phenoxy) is 2. The minimum atomic E-state index is -1.21. The van der Waals surface area contributed by atoms with E-state index in [0.29, 0.717) is 6.42 Å². The molecule has 0 spiro atoms. The Kier molecular flexibility index (Phi) is 8.07. The summed E-state index contributed by atoms with van der Waals surface area (Å²) < 4.78 is 10.4. The first-order valence-electron chi connectivity index (χ1n) is 11.7. The third-order valence-corrected chi connectivity index (χ3v) is 5.92. The van der Waals surface area contributed by atoms with Crippen molar-refractivity contribution in [2.45, 2.75) is 90.6 Å². The topological polar surface area (TPSA) is 134 Å². The number of aliphatic hydroxyl groups is 1. The van der Waals surface area contributed by atoms with Gasteiger partial charge in [-0.25, -0.2) is 9.59 Å². The summed E-state index contributed by atoms with van der Waals surface area (Å²) in [5.74, 6) is -1.91. The Labute approximate surface area is 201 Å². The van der Waals surface area contributed by atoms with Crippen LogP contribution in [0.25, 0.3) is 0 Å². The fourth-order valence-corrected chi connectivity index (χ4v) is 4.11. The second kappa shape index (κ2) is 9.93. The highest BCUT2D eigenvalue weighted by Crippen LogP contribution is 2.45. The monoisotopic (exact) mass is 481 g/mol. The Balaban J connectivity index is 2.24. The van der Waals surface area contributed by atoms with Crippen LogP contribution in [0.1, 0.15) is 61.3 Å². The molecule has 10 heteroatoms. The molecule has 1 aliphatic heterocycles. The van der Waals surface area contributed by atoms with E-state index in [-0.39, 0.29) is 25.5 Å². The first-order valence-corrected chi connectivity index (χ1v) is 11.7. The Hall–Kier alpha value is -2.62. The van der Waals surface area contributed by atoms with Crippen LogP contribution in [0.4, 0.5) is 4.79 Å². The number of hydrogen-bond donors (Lipinski definition) is 3. The zero-order valence-electron chi connectivity index (χ0n) is 21.3. The van der Waals surface area contributed by atoms with E-state index in [1.54, 1.807) is 54.5 Å². The van der Waals surface area contributed by atoms with Gasteiger partial charge in [0.05, 0.1) is 12.7 Å². The van der Waals surface area contributed by atoms with Gasteiger partial charge in [-0.3, -0.25) is 9.59 Å². The number of carbonyl (C=O) groups excluding carboxylic acids is 4. The minimum Gasteiger partial charge on any atom is -0.464 e. The molecule has 1 saturated heterocycles. The normalized spacial score (nSPS) is 27.4. The van der Waals surface area contributed by atoms with Crippen molar-refractivity contribution in [3.63, 3.8) is 0 Å². The Morgan fingerprint density at radius 2 is 1.82 bits per heavy atom. The van der Waals surface area contributed by atoms with Gasteiger partial charge in [-0.05, 0) is 39.5 Å². The molecule has 1 aliphatic carbocycles. The summed E-state index contributed by atoms with van der Waals surface area (Å²) in [6.07, 6.45) is 0.280. The van der Waals surface area contributed by atoms with Crippen LogP contribution in [-0.4, -0.2) is 76.4 Å². The lowest BCUT2D eigenvalue weighted by molar-refractivity contribution is -0.150. The van der Waals surface area contributed by atoms with Crippen molar-refractivity contribution in [2.24, 2.45) is 11.3 Å². The number of amides is 3. The molecule has 0 aromatic rings. The summed E-state index contributed by atoms with van der Waals surface area (Å²) in [6.45, 7) is 16.0. The lowest BCUT2D eigenvalue weighted by Crippen LogP contribution is -2.59. The Morgan fingerprint density at radius 3 is 2.29 bits per heavy atom. The van der Waals surface area contributed by atoms with Crippen molar-refractivity contribution in [1.82, 2.24) is 15.5 Å². The van der Waals surface area contributed by atoms with Gasteiger partial charge in [-0.15, -0.1) is 6.58 Å². The van der Waals surface area contributed by atoms with Crippen molar-refractivity contribution in [3.8, 4) is 0 Å². The molecule has 3 N–H and O–H groups in total. The fraction of sp³-hybridized carbons (Fsp3) is 0.750. The number of hydrogen-bond acceptors (Lipinski definition) is 7. The fourth-order valence-electron chi connectivity index (χ4n) is 4.11. The smallest absolute Gasteiger partial charge is 0.408 e. The van der Waals surface area contributed by atoms with Crippen molar-refractivity contribution < 1.29 is 33.8 Å². The summed E-state index contributed by atoms with van der Waals surface area (Å²) >= 11 is 0. The SMILES string of the molecule is C=C[C@@H]1C[C@@]1(NC(=O)[C@@H]1C[C@H](O)CN1C(=O)[C@H](NC(=O)OC(C)(C)C)C(C)(C)C)C(=O)OCC. The third-order valence-electron chi connectivity index (χ3n) is 5.92. The van der Waals surface area contributed by atoms with E-state index in [1.165, 1.54) is 4.90 Å². The number of likely N-dealkylation sites (tertiary alicyclic amines) is 1. The van der Waals surface area contributed by atoms with E-state index in [1.807, 2.05) is 0 Å². The predicted octanol–water partition coefficient (Wildman–Crippen LogP) is 1.51. The van der Waals surface area contributed by atoms with E-state index >= 15 is 0 Å². The molecule has 0 unspecified atom stereocenters. The maximum atomic E-state index is 13.5. The Morgan fingerprint density at radius 1 is 1.21 bits per heavy atom. The number of carbonyl (C=O) groups is 4. The van der Waals surface area contributed by atoms with E-state index in [9.17, 15) is 24.3 Å². The predicted molar refractivity (Wildman–Crippen MR) is 125 cm³/mol. The molecule has 1 heterocycles. The largest absolute Gasteiger partial charge is 0.464 e. The van der Waals surface area contributed by atoms with E-state index in [2.05, 4.69) is 17.2 Å². The first kappa shape index (κ1) is 27.6. The molecule has 192 valence electrons. The number of β-amino-alcohol motifs (C(OH)–C–C–N with tert-alkyl or cyclic N) is 1. The summed E-state index contributed by atoms with van der Waals surface area (Å²) in [6, 6.07) is -2.02. The van der Waals surface area contributed by atoms with Gasteiger partial charge in [-0.2, -0.15) is 0 Å². The molecule has 0 aromatic heterocycles. The second-order valence-electron chi connectivity index (χ2n) is 11.1. The summed E-state index contributed by atoms with van der Waals surface area (Å²) in [4.78, 5) is 53.0.